The Kier molecular flexibility index (Phi) is 3.74. The van der Waals surface area contributed by atoms with Gasteiger partial charge in [-0.25, -0.2) is 4.39 Å². The summed E-state index contributed by atoms with van der Waals surface area (Å²) >= 11 is 10.4. The van der Waals surface area contributed by atoms with Gasteiger partial charge in [0, 0.05) is 18.3 Å². The number of hydrogen-bond acceptors (Lipinski definition) is 3. The number of ether oxygens (including phenoxy) is 1. The van der Waals surface area contributed by atoms with Gasteiger partial charge in [-0.1, -0.05) is 23.8 Å². The molecule has 0 fully saturated rings. The zero-order chi connectivity index (χ0) is 13.1. The molecule has 0 atom stereocenters. The van der Waals surface area contributed by atoms with E-state index in [9.17, 15) is 4.39 Å². The standard InChI is InChI=1S/C12H8ClFN2OS/c13-9-2-1-7(5-10(9)14)17-8-3-4-16-11(6-8)12(15)18/h1-6H,(H2,15,18). The predicted molar refractivity (Wildman–Crippen MR) is 71.6 cm³/mol. The Morgan fingerprint density at radius 1 is 1.28 bits per heavy atom. The number of aromatic nitrogens is 1. The van der Waals surface area contributed by atoms with Gasteiger partial charge < -0.3 is 10.5 Å². The van der Waals surface area contributed by atoms with Gasteiger partial charge in [-0.2, -0.15) is 0 Å². The van der Waals surface area contributed by atoms with Crippen LogP contribution in [0.25, 0.3) is 0 Å². The Morgan fingerprint density at radius 3 is 2.67 bits per heavy atom. The van der Waals surface area contributed by atoms with Crippen LogP contribution in [-0.4, -0.2) is 9.97 Å². The number of rotatable bonds is 3. The van der Waals surface area contributed by atoms with Crippen molar-refractivity contribution in [3.8, 4) is 11.5 Å². The Labute approximate surface area is 113 Å². The van der Waals surface area contributed by atoms with Crippen LogP contribution in [0, 0.1) is 5.82 Å². The van der Waals surface area contributed by atoms with Gasteiger partial charge in [0.25, 0.3) is 0 Å². The molecule has 1 aromatic heterocycles. The molecule has 18 heavy (non-hydrogen) atoms. The fourth-order valence-electron chi connectivity index (χ4n) is 1.29. The maximum atomic E-state index is 13.2. The molecular weight excluding hydrogens is 275 g/mol. The third-order valence-corrected chi connectivity index (χ3v) is 2.63. The molecule has 0 saturated carbocycles. The third kappa shape index (κ3) is 2.94. The van der Waals surface area contributed by atoms with Gasteiger partial charge in [0.05, 0.1) is 5.02 Å². The number of hydrogen-bond donors (Lipinski definition) is 1. The minimum atomic E-state index is -0.544. The molecule has 0 saturated heterocycles. The number of pyridine rings is 1. The van der Waals surface area contributed by atoms with Gasteiger partial charge in [-0.05, 0) is 18.2 Å². The number of nitrogens with two attached hydrogens (primary N) is 1. The molecular formula is C12H8ClFN2OS. The van der Waals surface area contributed by atoms with E-state index in [0.29, 0.717) is 17.2 Å². The second kappa shape index (κ2) is 5.29. The van der Waals surface area contributed by atoms with Crippen LogP contribution in [0.5, 0.6) is 11.5 Å². The van der Waals surface area contributed by atoms with E-state index in [2.05, 4.69) is 4.98 Å². The highest BCUT2D eigenvalue weighted by atomic mass is 35.5. The molecule has 0 radical (unpaired) electrons. The van der Waals surface area contributed by atoms with Crippen LogP contribution in [0.2, 0.25) is 5.02 Å². The molecule has 6 heteroatoms. The van der Waals surface area contributed by atoms with Crippen LogP contribution < -0.4 is 10.5 Å². The van der Waals surface area contributed by atoms with Gasteiger partial charge in [0.1, 0.15) is 28.0 Å². The van der Waals surface area contributed by atoms with Crippen LogP contribution in [0.4, 0.5) is 4.39 Å². The molecule has 0 bridgehead atoms. The summed E-state index contributed by atoms with van der Waals surface area (Å²) in [5.41, 5.74) is 5.90. The first kappa shape index (κ1) is 12.7. The van der Waals surface area contributed by atoms with E-state index in [4.69, 9.17) is 34.3 Å². The van der Waals surface area contributed by atoms with Gasteiger partial charge in [-0.15, -0.1) is 0 Å². The lowest BCUT2D eigenvalue weighted by Gasteiger charge is -2.07. The normalized spacial score (nSPS) is 10.1. The Hall–Kier alpha value is -1.72. The summed E-state index contributed by atoms with van der Waals surface area (Å²) in [6.07, 6.45) is 1.51. The van der Waals surface area contributed by atoms with Gasteiger partial charge in [0.15, 0.2) is 0 Å². The van der Waals surface area contributed by atoms with Crippen molar-refractivity contribution in [2.24, 2.45) is 5.73 Å². The summed E-state index contributed by atoms with van der Waals surface area (Å²) < 4.78 is 18.7. The summed E-state index contributed by atoms with van der Waals surface area (Å²) in [5, 5.41) is 0.0425. The lowest BCUT2D eigenvalue weighted by Crippen LogP contribution is -2.11. The first-order valence-electron chi connectivity index (χ1n) is 4.95. The fourth-order valence-corrected chi connectivity index (χ4v) is 1.51. The molecule has 92 valence electrons. The van der Waals surface area contributed by atoms with Crippen LogP contribution in [0.1, 0.15) is 5.69 Å². The van der Waals surface area contributed by atoms with Crippen molar-refractivity contribution in [2.45, 2.75) is 0 Å². The van der Waals surface area contributed by atoms with Crippen LogP contribution >= 0.6 is 23.8 Å². The largest absolute Gasteiger partial charge is 0.457 e. The first-order valence-corrected chi connectivity index (χ1v) is 5.73. The van der Waals surface area contributed by atoms with E-state index in [1.54, 1.807) is 18.2 Å². The van der Waals surface area contributed by atoms with E-state index >= 15 is 0 Å². The van der Waals surface area contributed by atoms with Crippen molar-refractivity contribution in [1.82, 2.24) is 4.98 Å². The average molecular weight is 283 g/mol. The van der Waals surface area contributed by atoms with Gasteiger partial charge in [0.2, 0.25) is 0 Å². The number of benzene rings is 1. The highest BCUT2D eigenvalue weighted by Crippen LogP contribution is 2.25. The molecule has 0 amide bonds. The Morgan fingerprint density at radius 2 is 2.00 bits per heavy atom. The third-order valence-electron chi connectivity index (χ3n) is 2.11. The number of halogens is 2. The zero-order valence-electron chi connectivity index (χ0n) is 9.06. The summed E-state index contributed by atoms with van der Waals surface area (Å²) in [6.45, 7) is 0. The highest BCUT2D eigenvalue weighted by Gasteiger charge is 2.05. The number of nitrogens with zero attached hydrogens (tertiary/aromatic N) is 1. The topological polar surface area (TPSA) is 48.1 Å². The molecule has 2 aromatic rings. The average Bonchev–Trinajstić information content (AvgIpc) is 2.34. The SMILES string of the molecule is NC(=S)c1cc(Oc2ccc(Cl)c(F)c2)ccn1. The monoisotopic (exact) mass is 282 g/mol. The van der Waals surface area contributed by atoms with E-state index in [1.165, 1.54) is 18.3 Å². The first-order chi connectivity index (χ1) is 8.56. The quantitative estimate of drug-likeness (QED) is 0.878. The van der Waals surface area contributed by atoms with E-state index in [1.807, 2.05) is 0 Å². The maximum absolute atomic E-state index is 13.2. The fraction of sp³-hybridized carbons (Fsp3) is 0. The van der Waals surface area contributed by atoms with E-state index in [-0.39, 0.29) is 10.0 Å². The second-order valence-corrected chi connectivity index (χ2v) is 4.27. The summed E-state index contributed by atoms with van der Waals surface area (Å²) in [7, 11) is 0. The Balaban J connectivity index is 2.25. The molecule has 2 rings (SSSR count). The highest BCUT2D eigenvalue weighted by molar-refractivity contribution is 7.80. The van der Waals surface area contributed by atoms with Crippen molar-refractivity contribution in [3.63, 3.8) is 0 Å². The van der Waals surface area contributed by atoms with Crippen LogP contribution in [0.15, 0.2) is 36.5 Å². The van der Waals surface area contributed by atoms with Crippen LogP contribution in [-0.2, 0) is 0 Å². The van der Waals surface area contributed by atoms with E-state index < -0.39 is 5.82 Å². The van der Waals surface area contributed by atoms with Gasteiger partial charge >= 0.3 is 0 Å². The predicted octanol–water partition coefficient (Wildman–Crippen LogP) is 3.30. The molecule has 2 N–H and O–H groups in total. The zero-order valence-corrected chi connectivity index (χ0v) is 10.6. The molecule has 3 nitrogen and oxygen atoms in total. The van der Waals surface area contributed by atoms with Crippen molar-refractivity contribution in [2.75, 3.05) is 0 Å². The Bertz CT molecular complexity index is 606. The molecule has 0 unspecified atom stereocenters. The molecule has 0 aliphatic rings. The lowest BCUT2D eigenvalue weighted by atomic mass is 10.3. The molecule has 1 aromatic carbocycles. The minimum absolute atomic E-state index is 0.0425. The maximum Gasteiger partial charge on any atom is 0.145 e. The molecule has 0 spiro atoms. The molecule has 0 aliphatic heterocycles. The minimum Gasteiger partial charge on any atom is -0.457 e. The summed E-state index contributed by atoms with van der Waals surface area (Å²) in [5.74, 6) is 0.254. The smallest absolute Gasteiger partial charge is 0.145 e. The summed E-state index contributed by atoms with van der Waals surface area (Å²) in [4.78, 5) is 4.14. The van der Waals surface area contributed by atoms with Crippen molar-refractivity contribution in [1.29, 1.82) is 0 Å². The van der Waals surface area contributed by atoms with Crippen molar-refractivity contribution < 1.29 is 9.13 Å². The van der Waals surface area contributed by atoms with Crippen molar-refractivity contribution >= 4 is 28.8 Å². The second-order valence-electron chi connectivity index (χ2n) is 3.42. The molecule has 0 aliphatic carbocycles. The van der Waals surface area contributed by atoms with E-state index in [0.717, 1.165) is 0 Å². The van der Waals surface area contributed by atoms with Crippen LogP contribution in [0.3, 0.4) is 0 Å². The molecule has 1 heterocycles. The van der Waals surface area contributed by atoms with Gasteiger partial charge in [-0.3, -0.25) is 4.98 Å². The number of thiocarbonyl (C=S) groups is 1. The van der Waals surface area contributed by atoms with Crippen molar-refractivity contribution in [3.05, 3.63) is 53.1 Å². The lowest BCUT2D eigenvalue weighted by molar-refractivity contribution is 0.476. The summed E-state index contributed by atoms with van der Waals surface area (Å²) in [6, 6.07) is 7.38.